The number of aromatic nitrogens is 2. The highest BCUT2D eigenvalue weighted by Gasteiger charge is 2.28. The van der Waals surface area contributed by atoms with Crippen LogP contribution in [0.25, 0.3) is 11.1 Å². The molecule has 2 aromatic carbocycles. The van der Waals surface area contributed by atoms with Gasteiger partial charge in [-0.2, -0.15) is 5.10 Å². The van der Waals surface area contributed by atoms with Crippen molar-refractivity contribution in [1.82, 2.24) is 15.1 Å². The van der Waals surface area contributed by atoms with Crippen LogP contribution >= 0.6 is 0 Å². The van der Waals surface area contributed by atoms with E-state index in [9.17, 15) is 14.4 Å². The van der Waals surface area contributed by atoms with Gasteiger partial charge in [-0.3, -0.25) is 19.1 Å². The minimum atomic E-state index is -1.09. The lowest BCUT2D eigenvalue weighted by atomic mass is 10.0. The van der Waals surface area contributed by atoms with Crippen LogP contribution in [0, 0.1) is 0 Å². The molecule has 3 N–H and O–H groups in total. The molecule has 0 fully saturated rings. The average Bonchev–Trinajstić information content (AvgIpc) is 3.10. The second kappa shape index (κ2) is 8.30. The summed E-state index contributed by atoms with van der Waals surface area (Å²) >= 11 is 0. The van der Waals surface area contributed by atoms with Crippen LogP contribution in [0.5, 0.6) is 0 Å². The van der Waals surface area contributed by atoms with E-state index in [1.165, 1.54) is 4.68 Å². The molecule has 1 aromatic heterocycles. The molecule has 28 heavy (non-hydrogen) atoms. The number of nitrogens with one attached hydrogen (secondary N) is 1. The van der Waals surface area contributed by atoms with Gasteiger partial charge in [0.25, 0.3) is 11.8 Å². The van der Waals surface area contributed by atoms with Gasteiger partial charge in [0.15, 0.2) is 5.69 Å². The minimum absolute atomic E-state index is 0.155. The second-order valence-corrected chi connectivity index (χ2v) is 6.38. The topological polar surface area (TPSA) is 107 Å². The summed E-state index contributed by atoms with van der Waals surface area (Å²) in [6, 6.07) is 17.3. The van der Waals surface area contributed by atoms with Crippen LogP contribution < -0.4 is 11.1 Å². The number of hydrogen-bond donors (Lipinski definition) is 2. The average molecular weight is 376 g/mol. The first kappa shape index (κ1) is 19.0. The Kier molecular flexibility index (Phi) is 5.64. The summed E-state index contributed by atoms with van der Waals surface area (Å²) in [5, 5.41) is 6.85. The van der Waals surface area contributed by atoms with Gasteiger partial charge in [0, 0.05) is 25.2 Å². The number of hydrogen-bond acceptors (Lipinski definition) is 4. The van der Waals surface area contributed by atoms with Gasteiger partial charge in [-0.25, -0.2) is 0 Å². The van der Waals surface area contributed by atoms with Crippen LogP contribution in [-0.4, -0.2) is 33.4 Å². The van der Waals surface area contributed by atoms with E-state index < -0.39 is 23.6 Å². The van der Waals surface area contributed by atoms with Crippen molar-refractivity contribution in [2.45, 2.75) is 12.5 Å². The molecule has 0 aliphatic heterocycles. The zero-order valence-corrected chi connectivity index (χ0v) is 15.3. The van der Waals surface area contributed by atoms with Gasteiger partial charge in [-0.05, 0) is 11.1 Å². The van der Waals surface area contributed by atoms with Crippen molar-refractivity contribution < 1.29 is 14.4 Å². The molecule has 1 heterocycles. The smallest absolute Gasteiger partial charge is 0.287 e. The molecular weight excluding hydrogens is 356 g/mol. The van der Waals surface area contributed by atoms with Gasteiger partial charge >= 0.3 is 0 Å². The Morgan fingerprint density at radius 1 is 1.04 bits per heavy atom. The minimum Gasteiger partial charge on any atom is -0.363 e. The standard InChI is InChI=1S/C21H20N4O3/c1-25-13-16(15-10-6-3-7-11-15)18(24-25)21(28)23-17(19(26)20(22)27)12-14-8-4-2-5-9-14/h2-11,13,17H,12H2,1H3,(H2,22,27)(H,23,28)/t17-/m0/s1. The number of nitrogens with zero attached hydrogens (tertiary/aromatic N) is 2. The molecule has 0 aliphatic rings. The Morgan fingerprint density at radius 3 is 2.25 bits per heavy atom. The summed E-state index contributed by atoms with van der Waals surface area (Å²) < 4.78 is 1.53. The van der Waals surface area contributed by atoms with E-state index in [1.54, 1.807) is 13.2 Å². The van der Waals surface area contributed by atoms with Crippen LogP contribution in [0.3, 0.4) is 0 Å². The van der Waals surface area contributed by atoms with Crippen molar-refractivity contribution in [2.75, 3.05) is 0 Å². The number of primary amides is 1. The van der Waals surface area contributed by atoms with Crippen molar-refractivity contribution in [1.29, 1.82) is 0 Å². The van der Waals surface area contributed by atoms with Crippen LogP contribution in [0.15, 0.2) is 66.9 Å². The van der Waals surface area contributed by atoms with E-state index in [1.807, 2.05) is 60.7 Å². The fourth-order valence-electron chi connectivity index (χ4n) is 2.94. The van der Waals surface area contributed by atoms with E-state index in [-0.39, 0.29) is 12.1 Å². The third-order valence-corrected chi connectivity index (χ3v) is 4.28. The lowest BCUT2D eigenvalue weighted by Crippen LogP contribution is -2.47. The fraction of sp³-hybridized carbons (Fsp3) is 0.143. The largest absolute Gasteiger partial charge is 0.363 e. The quantitative estimate of drug-likeness (QED) is 0.609. The Labute approximate surface area is 162 Å². The SMILES string of the molecule is Cn1cc(-c2ccccc2)c(C(=O)N[C@@H](Cc2ccccc2)C(=O)C(N)=O)n1. The van der Waals surface area contributed by atoms with Crippen molar-refractivity contribution in [3.63, 3.8) is 0 Å². The van der Waals surface area contributed by atoms with E-state index >= 15 is 0 Å². The first-order chi connectivity index (χ1) is 13.5. The Morgan fingerprint density at radius 2 is 1.64 bits per heavy atom. The molecule has 7 nitrogen and oxygen atoms in total. The molecule has 3 aromatic rings. The van der Waals surface area contributed by atoms with Gasteiger partial charge in [-0.1, -0.05) is 60.7 Å². The van der Waals surface area contributed by atoms with Crippen LogP contribution in [0.2, 0.25) is 0 Å². The molecule has 142 valence electrons. The van der Waals surface area contributed by atoms with Crippen molar-refractivity contribution >= 4 is 17.6 Å². The molecule has 0 unspecified atom stereocenters. The molecule has 0 aliphatic carbocycles. The predicted molar refractivity (Wildman–Crippen MR) is 104 cm³/mol. The predicted octanol–water partition coefficient (Wildman–Crippen LogP) is 1.48. The maximum absolute atomic E-state index is 12.9. The van der Waals surface area contributed by atoms with E-state index in [2.05, 4.69) is 10.4 Å². The molecular formula is C21H20N4O3. The zero-order valence-electron chi connectivity index (χ0n) is 15.3. The highest BCUT2D eigenvalue weighted by molar-refractivity contribution is 6.38. The summed E-state index contributed by atoms with van der Waals surface area (Å²) in [7, 11) is 1.71. The Hall–Kier alpha value is -3.74. The first-order valence-corrected chi connectivity index (χ1v) is 8.73. The zero-order chi connectivity index (χ0) is 20.1. The van der Waals surface area contributed by atoms with E-state index in [0.717, 1.165) is 11.1 Å². The van der Waals surface area contributed by atoms with Gasteiger partial charge in [0.05, 0.1) is 0 Å². The molecule has 0 saturated carbocycles. The maximum atomic E-state index is 12.9. The number of rotatable bonds is 7. The third-order valence-electron chi connectivity index (χ3n) is 4.28. The number of nitrogens with two attached hydrogens (primary N) is 1. The number of carbonyl (C=O) groups is 3. The third kappa shape index (κ3) is 4.32. The van der Waals surface area contributed by atoms with Gasteiger partial charge < -0.3 is 11.1 Å². The lowest BCUT2D eigenvalue weighted by molar-refractivity contribution is -0.137. The summed E-state index contributed by atoms with van der Waals surface area (Å²) in [5.74, 6) is -2.49. The molecule has 0 bridgehead atoms. The molecule has 0 spiro atoms. The number of aryl methyl sites for hydroxylation is 1. The second-order valence-electron chi connectivity index (χ2n) is 6.38. The summed E-state index contributed by atoms with van der Waals surface area (Å²) in [6.45, 7) is 0. The number of carbonyl (C=O) groups excluding carboxylic acids is 3. The fourth-order valence-corrected chi connectivity index (χ4v) is 2.94. The number of ketones is 1. The van der Waals surface area contributed by atoms with Gasteiger partial charge in [0.2, 0.25) is 5.78 Å². The monoisotopic (exact) mass is 376 g/mol. The molecule has 7 heteroatoms. The summed E-state index contributed by atoms with van der Waals surface area (Å²) in [5.41, 5.74) is 7.59. The normalized spacial score (nSPS) is 11.6. The van der Waals surface area contributed by atoms with Crippen molar-refractivity contribution in [3.8, 4) is 11.1 Å². The highest BCUT2D eigenvalue weighted by Crippen LogP contribution is 2.22. The number of amides is 2. The molecule has 3 rings (SSSR count). The molecule has 0 saturated heterocycles. The number of Topliss-reactive ketones (excluding diaryl/α,β-unsaturated/α-hetero) is 1. The van der Waals surface area contributed by atoms with Gasteiger partial charge in [-0.15, -0.1) is 0 Å². The number of benzene rings is 2. The summed E-state index contributed by atoms with van der Waals surface area (Å²) in [6.07, 6.45) is 1.88. The molecule has 1 atom stereocenters. The van der Waals surface area contributed by atoms with Crippen LogP contribution in [0.1, 0.15) is 16.1 Å². The van der Waals surface area contributed by atoms with E-state index in [4.69, 9.17) is 5.73 Å². The Bertz CT molecular complexity index is 997. The molecule has 2 amide bonds. The lowest BCUT2D eigenvalue weighted by Gasteiger charge is -2.16. The molecule has 0 radical (unpaired) electrons. The Balaban J connectivity index is 1.88. The van der Waals surface area contributed by atoms with Crippen molar-refractivity contribution in [3.05, 3.63) is 78.1 Å². The highest BCUT2D eigenvalue weighted by atomic mass is 16.2. The van der Waals surface area contributed by atoms with E-state index in [0.29, 0.717) is 5.56 Å². The van der Waals surface area contributed by atoms with Crippen molar-refractivity contribution in [2.24, 2.45) is 12.8 Å². The summed E-state index contributed by atoms with van der Waals surface area (Å²) in [4.78, 5) is 36.6. The first-order valence-electron chi connectivity index (χ1n) is 8.73. The maximum Gasteiger partial charge on any atom is 0.287 e. The van der Waals surface area contributed by atoms with Crippen LogP contribution in [-0.2, 0) is 23.1 Å². The van der Waals surface area contributed by atoms with Gasteiger partial charge in [0.1, 0.15) is 6.04 Å². The van der Waals surface area contributed by atoms with Crippen LogP contribution in [0.4, 0.5) is 0 Å².